The third kappa shape index (κ3) is 0.742. The average molecular weight is 128 g/mol. The normalized spacial score (nSPS) is 19.2. The summed E-state index contributed by atoms with van der Waals surface area (Å²) in [5.74, 6) is 0. The van der Waals surface area contributed by atoms with Gasteiger partial charge in [-0.3, -0.25) is 9.59 Å². The van der Waals surface area contributed by atoms with Gasteiger partial charge in [0.05, 0.1) is 5.70 Å². The van der Waals surface area contributed by atoms with Crippen LogP contribution in [0.5, 0.6) is 0 Å². The summed E-state index contributed by atoms with van der Waals surface area (Å²) in [7, 11) is 0. The Hall–Kier alpha value is -0.770. The third-order valence-corrected chi connectivity index (χ3v) is 1.33. The zero-order chi connectivity index (χ0) is 6.15. The van der Waals surface area contributed by atoms with Crippen molar-refractivity contribution in [1.29, 1.82) is 0 Å². The molecule has 0 aromatic heterocycles. The molecule has 0 bridgehead atoms. The predicted molar refractivity (Wildman–Crippen MR) is 28.9 cm³/mol. The predicted octanol–water partition coefficient (Wildman–Crippen LogP) is 0.286. The molecular weight excluding hydrogens is 126 g/mol. The van der Waals surface area contributed by atoms with Crippen molar-refractivity contribution < 1.29 is 9.59 Å². The van der Waals surface area contributed by atoms with Crippen molar-refractivity contribution in [2.24, 2.45) is 0 Å². The Morgan fingerprint density at radius 3 is 2.25 bits per heavy atom. The molecule has 1 heterocycles. The van der Waals surface area contributed by atoms with Crippen LogP contribution in [-0.4, -0.2) is 10.4 Å². The summed E-state index contributed by atoms with van der Waals surface area (Å²) in [4.78, 5) is 20.5. The molecule has 0 unspecified atom stereocenters. The van der Waals surface area contributed by atoms with E-state index in [-0.39, 0.29) is 5.70 Å². The van der Waals surface area contributed by atoms with Crippen molar-refractivity contribution in [3.8, 4) is 0 Å². The Bertz CT molecular complexity index is 157. The molecule has 3 nitrogen and oxygen atoms in total. The number of thioether (sulfide) groups is 1. The standard InChI is InChI=1S/C4H2NO2S/c1-2-3(6)8-4(7)5-2/h1H,(H,5,7). The Morgan fingerprint density at radius 1 is 1.50 bits per heavy atom. The first-order chi connectivity index (χ1) is 3.70. The highest BCUT2D eigenvalue weighted by atomic mass is 32.2. The molecule has 1 amide bonds. The lowest BCUT2D eigenvalue weighted by molar-refractivity contribution is -0.107. The van der Waals surface area contributed by atoms with E-state index in [0.717, 1.165) is 0 Å². The quantitative estimate of drug-likeness (QED) is 0.477. The summed E-state index contributed by atoms with van der Waals surface area (Å²) < 4.78 is 0. The second kappa shape index (κ2) is 1.63. The van der Waals surface area contributed by atoms with Crippen LogP contribution in [-0.2, 0) is 4.79 Å². The van der Waals surface area contributed by atoms with Crippen molar-refractivity contribution in [2.75, 3.05) is 0 Å². The monoisotopic (exact) mass is 128 g/mol. The molecule has 1 N–H and O–H groups in total. The molecule has 1 radical (unpaired) electrons. The Morgan fingerprint density at radius 2 is 2.12 bits per heavy atom. The SMILES string of the molecule is [CH]=C1NC(=O)SC1=O. The molecule has 1 saturated heterocycles. The lowest BCUT2D eigenvalue weighted by Gasteiger charge is -1.82. The first-order valence-corrected chi connectivity index (χ1v) is 2.67. The van der Waals surface area contributed by atoms with E-state index in [9.17, 15) is 9.59 Å². The average Bonchev–Trinajstić information content (AvgIpc) is 1.85. The van der Waals surface area contributed by atoms with Gasteiger partial charge in [-0.1, -0.05) is 0 Å². The summed E-state index contributed by atoms with van der Waals surface area (Å²) in [6, 6.07) is 0. The third-order valence-electron chi connectivity index (χ3n) is 0.642. The number of carbonyl (C=O) groups is 2. The molecule has 0 spiro atoms. The lowest BCUT2D eigenvalue weighted by atomic mass is 10.6. The van der Waals surface area contributed by atoms with Crippen molar-refractivity contribution in [2.45, 2.75) is 0 Å². The van der Waals surface area contributed by atoms with Gasteiger partial charge in [0, 0.05) is 11.8 Å². The van der Waals surface area contributed by atoms with Gasteiger partial charge in [0.2, 0.25) is 5.12 Å². The van der Waals surface area contributed by atoms with Crippen LogP contribution in [0, 0.1) is 6.58 Å². The lowest BCUT2D eigenvalue weighted by Crippen LogP contribution is -2.08. The Balaban J connectivity index is 2.79. The van der Waals surface area contributed by atoms with E-state index >= 15 is 0 Å². The fourth-order valence-electron chi connectivity index (χ4n) is 0.326. The van der Waals surface area contributed by atoms with Gasteiger partial charge in [-0.2, -0.15) is 0 Å². The largest absolute Gasteiger partial charge is 0.313 e. The van der Waals surface area contributed by atoms with Crippen LogP contribution >= 0.6 is 11.8 Å². The molecule has 1 rings (SSSR count). The van der Waals surface area contributed by atoms with Gasteiger partial charge in [0.1, 0.15) is 0 Å². The van der Waals surface area contributed by atoms with Gasteiger partial charge in [-0.15, -0.1) is 0 Å². The van der Waals surface area contributed by atoms with E-state index in [4.69, 9.17) is 6.58 Å². The zero-order valence-electron chi connectivity index (χ0n) is 3.80. The maximum atomic E-state index is 10.3. The number of nitrogens with one attached hydrogen (secondary N) is 1. The molecule has 1 fully saturated rings. The van der Waals surface area contributed by atoms with Crippen LogP contribution < -0.4 is 5.32 Å². The van der Waals surface area contributed by atoms with Gasteiger partial charge < -0.3 is 5.32 Å². The highest BCUT2D eigenvalue weighted by Crippen LogP contribution is 2.15. The first kappa shape index (κ1) is 5.37. The number of rotatable bonds is 0. The molecular formula is C4H2NO2S. The molecule has 1 aliphatic heterocycles. The Kier molecular flexibility index (Phi) is 1.09. The van der Waals surface area contributed by atoms with Crippen LogP contribution in [0.3, 0.4) is 0 Å². The number of carbonyl (C=O) groups excluding carboxylic acids is 2. The van der Waals surface area contributed by atoms with Gasteiger partial charge in [0.25, 0.3) is 5.24 Å². The summed E-state index contributed by atoms with van der Waals surface area (Å²) in [6.45, 7) is 4.98. The second-order valence-electron chi connectivity index (χ2n) is 1.22. The fraction of sp³-hybridized carbons (Fsp3) is 0. The summed E-state index contributed by atoms with van der Waals surface area (Å²) in [5, 5.41) is 1.35. The van der Waals surface area contributed by atoms with Crippen molar-refractivity contribution in [1.82, 2.24) is 5.32 Å². The van der Waals surface area contributed by atoms with Crippen LogP contribution in [0.15, 0.2) is 5.70 Å². The molecule has 0 saturated carbocycles. The highest BCUT2D eigenvalue weighted by molar-refractivity contribution is 8.27. The van der Waals surface area contributed by atoms with Gasteiger partial charge in [-0.05, 0) is 6.58 Å². The van der Waals surface area contributed by atoms with E-state index in [1.807, 2.05) is 0 Å². The van der Waals surface area contributed by atoms with E-state index in [1.165, 1.54) is 0 Å². The van der Waals surface area contributed by atoms with Crippen molar-refractivity contribution >= 4 is 22.1 Å². The van der Waals surface area contributed by atoms with Gasteiger partial charge >= 0.3 is 0 Å². The molecule has 0 aromatic carbocycles. The first-order valence-electron chi connectivity index (χ1n) is 1.86. The maximum absolute atomic E-state index is 10.3. The van der Waals surface area contributed by atoms with Gasteiger partial charge in [-0.25, -0.2) is 0 Å². The summed E-state index contributed by atoms with van der Waals surface area (Å²) in [6.07, 6.45) is 0. The second-order valence-corrected chi connectivity index (χ2v) is 2.16. The van der Waals surface area contributed by atoms with Crippen LogP contribution in [0.2, 0.25) is 0 Å². The van der Waals surface area contributed by atoms with Crippen LogP contribution in [0.4, 0.5) is 4.79 Å². The summed E-state index contributed by atoms with van der Waals surface area (Å²) >= 11 is 0.578. The van der Waals surface area contributed by atoms with Crippen molar-refractivity contribution in [3.05, 3.63) is 12.3 Å². The molecule has 4 heteroatoms. The highest BCUT2D eigenvalue weighted by Gasteiger charge is 2.22. The maximum Gasteiger partial charge on any atom is 0.291 e. The minimum Gasteiger partial charge on any atom is -0.313 e. The topological polar surface area (TPSA) is 46.2 Å². The van der Waals surface area contributed by atoms with E-state index in [0.29, 0.717) is 11.8 Å². The molecule has 0 atom stereocenters. The van der Waals surface area contributed by atoms with E-state index < -0.39 is 10.4 Å². The zero-order valence-corrected chi connectivity index (χ0v) is 4.62. The van der Waals surface area contributed by atoms with Gasteiger partial charge in [0.15, 0.2) is 0 Å². The molecule has 41 valence electrons. The minimum atomic E-state index is -0.396. The smallest absolute Gasteiger partial charge is 0.291 e. The number of hydrogen-bond acceptors (Lipinski definition) is 3. The van der Waals surface area contributed by atoms with Crippen molar-refractivity contribution in [3.63, 3.8) is 0 Å². The van der Waals surface area contributed by atoms with Crippen LogP contribution in [0.1, 0.15) is 0 Å². The molecule has 1 aliphatic rings. The van der Waals surface area contributed by atoms with E-state index in [1.54, 1.807) is 0 Å². The molecule has 0 aliphatic carbocycles. The molecule has 0 aromatic rings. The minimum absolute atomic E-state index is 0.0694. The number of amides is 1. The summed E-state index contributed by atoms with van der Waals surface area (Å²) in [5.41, 5.74) is -0.0694. The van der Waals surface area contributed by atoms with Crippen LogP contribution in [0.25, 0.3) is 0 Å². The fourth-order valence-corrected chi connectivity index (χ4v) is 0.816. The number of hydrogen-bond donors (Lipinski definition) is 1. The van der Waals surface area contributed by atoms with E-state index in [2.05, 4.69) is 5.32 Å². The Labute approximate surface area is 50.1 Å². The molecule has 8 heavy (non-hydrogen) atoms.